The van der Waals surface area contributed by atoms with Gasteiger partial charge in [-0.15, -0.1) is 0 Å². The number of rotatable bonds is 8. The molecule has 0 amide bonds. The summed E-state index contributed by atoms with van der Waals surface area (Å²) in [7, 11) is -1.49. The van der Waals surface area contributed by atoms with Gasteiger partial charge in [0.05, 0.1) is 18.6 Å². The van der Waals surface area contributed by atoms with E-state index in [1.54, 1.807) is 19.2 Å². The number of sulfone groups is 1. The monoisotopic (exact) mass is 301 g/mol. The Labute approximate surface area is 121 Å². The van der Waals surface area contributed by atoms with Crippen LogP contribution in [0.5, 0.6) is 11.5 Å². The van der Waals surface area contributed by atoms with E-state index >= 15 is 0 Å². The summed E-state index contributed by atoms with van der Waals surface area (Å²) in [6.45, 7) is 3.84. The lowest BCUT2D eigenvalue weighted by molar-refractivity contribution is 0.311. The van der Waals surface area contributed by atoms with Crippen LogP contribution in [0.2, 0.25) is 0 Å². The van der Waals surface area contributed by atoms with Crippen LogP contribution >= 0.6 is 0 Å². The predicted molar refractivity (Wildman–Crippen MR) is 80.0 cm³/mol. The molecule has 0 saturated carbocycles. The molecule has 0 radical (unpaired) electrons. The van der Waals surface area contributed by atoms with Crippen LogP contribution in [0.25, 0.3) is 0 Å². The fourth-order valence-electron chi connectivity index (χ4n) is 1.78. The van der Waals surface area contributed by atoms with Crippen LogP contribution in [0.1, 0.15) is 31.9 Å². The van der Waals surface area contributed by atoms with E-state index in [0.717, 1.165) is 5.56 Å². The highest BCUT2D eigenvalue weighted by Crippen LogP contribution is 2.29. The molecule has 1 aromatic carbocycles. The Kier molecular flexibility index (Phi) is 6.29. The first kappa shape index (κ1) is 16.8. The number of hydrogen-bond acceptors (Lipinski definition) is 5. The minimum Gasteiger partial charge on any atom is -0.493 e. The zero-order valence-electron chi connectivity index (χ0n) is 12.3. The quantitative estimate of drug-likeness (QED) is 0.793. The summed E-state index contributed by atoms with van der Waals surface area (Å²) >= 11 is 0. The fourth-order valence-corrected chi connectivity index (χ4v) is 2.94. The normalized spacial score (nSPS) is 13.0. The summed E-state index contributed by atoms with van der Waals surface area (Å²) in [4.78, 5) is 0. The van der Waals surface area contributed by atoms with E-state index in [2.05, 4.69) is 0 Å². The second kappa shape index (κ2) is 7.50. The van der Waals surface area contributed by atoms with E-state index in [0.29, 0.717) is 17.9 Å². The maximum absolute atomic E-state index is 11.6. The Hall–Kier alpha value is -1.27. The lowest BCUT2D eigenvalue weighted by Gasteiger charge is -2.13. The SMILES string of the molecule is CCCS(=O)(=O)CCOc1ccc([C@@H](C)N)cc1OC. The molecule has 0 fully saturated rings. The first-order valence-corrected chi connectivity index (χ1v) is 8.48. The zero-order valence-corrected chi connectivity index (χ0v) is 13.1. The second-order valence-corrected chi connectivity index (χ2v) is 7.00. The molecule has 0 bridgehead atoms. The molecule has 1 aromatic rings. The summed E-state index contributed by atoms with van der Waals surface area (Å²) < 4.78 is 33.9. The maximum Gasteiger partial charge on any atom is 0.161 e. The van der Waals surface area contributed by atoms with E-state index in [4.69, 9.17) is 15.2 Å². The van der Waals surface area contributed by atoms with Gasteiger partial charge in [0.2, 0.25) is 0 Å². The third-order valence-electron chi connectivity index (χ3n) is 2.88. The molecule has 114 valence electrons. The molecular formula is C14H23NO4S. The Morgan fingerprint density at radius 2 is 1.95 bits per heavy atom. The van der Waals surface area contributed by atoms with Gasteiger partial charge in [0.1, 0.15) is 6.61 Å². The Morgan fingerprint density at radius 3 is 2.50 bits per heavy atom. The van der Waals surface area contributed by atoms with Crippen LogP contribution in [-0.4, -0.2) is 33.6 Å². The van der Waals surface area contributed by atoms with Crippen molar-refractivity contribution in [3.8, 4) is 11.5 Å². The third kappa shape index (κ3) is 5.02. The van der Waals surface area contributed by atoms with Crippen LogP contribution in [0.15, 0.2) is 18.2 Å². The molecular weight excluding hydrogens is 278 g/mol. The van der Waals surface area contributed by atoms with Crippen molar-refractivity contribution in [2.45, 2.75) is 26.3 Å². The number of hydrogen-bond donors (Lipinski definition) is 1. The van der Waals surface area contributed by atoms with Crippen molar-refractivity contribution in [2.75, 3.05) is 25.2 Å². The lowest BCUT2D eigenvalue weighted by Crippen LogP contribution is -2.17. The minimum atomic E-state index is -3.03. The summed E-state index contributed by atoms with van der Waals surface area (Å²) in [5.41, 5.74) is 6.74. The standard InChI is InChI=1S/C14H23NO4S/c1-4-8-20(16,17)9-7-19-13-6-5-12(11(2)15)10-14(13)18-3/h5-6,10-11H,4,7-9,15H2,1-3H3/t11-/m1/s1. The molecule has 0 aliphatic carbocycles. The van der Waals surface area contributed by atoms with Crippen LogP contribution in [0, 0.1) is 0 Å². The molecule has 0 saturated heterocycles. The number of ether oxygens (including phenoxy) is 2. The van der Waals surface area contributed by atoms with Crippen LogP contribution < -0.4 is 15.2 Å². The van der Waals surface area contributed by atoms with E-state index in [1.807, 2.05) is 19.9 Å². The molecule has 0 unspecified atom stereocenters. The zero-order chi connectivity index (χ0) is 15.2. The molecule has 5 nitrogen and oxygen atoms in total. The fraction of sp³-hybridized carbons (Fsp3) is 0.571. The molecule has 0 aliphatic heterocycles. The highest BCUT2D eigenvalue weighted by molar-refractivity contribution is 7.91. The number of benzene rings is 1. The molecule has 1 atom stereocenters. The first-order chi connectivity index (χ1) is 9.39. The topological polar surface area (TPSA) is 78.6 Å². The van der Waals surface area contributed by atoms with E-state index in [-0.39, 0.29) is 24.2 Å². The van der Waals surface area contributed by atoms with Gasteiger partial charge in [-0.3, -0.25) is 0 Å². The molecule has 0 heterocycles. The largest absolute Gasteiger partial charge is 0.493 e. The number of methoxy groups -OCH3 is 1. The number of nitrogens with two attached hydrogens (primary N) is 1. The molecule has 2 N–H and O–H groups in total. The Morgan fingerprint density at radius 1 is 1.25 bits per heavy atom. The van der Waals surface area contributed by atoms with Crippen molar-refractivity contribution in [1.29, 1.82) is 0 Å². The molecule has 6 heteroatoms. The van der Waals surface area contributed by atoms with Crippen molar-refractivity contribution in [3.05, 3.63) is 23.8 Å². The third-order valence-corrected chi connectivity index (χ3v) is 4.70. The molecule has 1 rings (SSSR count). The lowest BCUT2D eigenvalue weighted by atomic mass is 10.1. The Bertz CT molecular complexity index is 526. The first-order valence-electron chi connectivity index (χ1n) is 6.66. The smallest absolute Gasteiger partial charge is 0.161 e. The van der Waals surface area contributed by atoms with Crippen molar-refractivity contribution in [2.24, 2.45) is 5.73 Å². The minimum absolute atomic E-state index is 0.0129. The van der Waals surface area contributed by atoms with Crippen molar-refractivity contribution in [1.82, 2.24) is 0 Å². The van der Waals surface area contributed by atoms with Crippen molar-refractivity contribution >= 4 is 9.84 Å². The second-order valence-electron chi connectivity index (χ2n) is 4.70. The van der Waals surface area contributed by atoms with Crippen molar-refractivity contribution < 1.29 is 17.9 Å². The van der Waals surface area contributed by atoms with Gasteiger partial charge >= 0.3 is 0 Å². The molecule has 20 heavy (non-hydrogen) atoms. The van der Waals surface area contributed by atoms with Gasteiger partial charge in [-0.25, -0.2) is 8.42 Å². The maximum atomic E-state index is 11.6. The molecule has 0 spiro atoms. The van der Waals surface area contributed by atoms with E-state index in [9.17, 15) is 8.42 Å². The predicted octanol–water partition coefficient (Wildman–Crippen LogP) is 1.92. The highest BCUT2D eigenvalue weighted by atomic mass is 32.2. The molecule has 0 aromatic heterocycles. The summed E-state index contributed by atoms with van der Waals surface area (Å²) in [6.07, 6.45) is 0.620. The van der Waals surface area contributed by atoms with E-state index < -0.39 is 9.84 Å². The van der Waals surface area contributed by atoms with Gasteiger partial charge in [0.25, 0.3) is 0 Å². The average molecular weight is 301 g/mol. The Balaban J connectivity index is 2.69. The van der Waals surface area contributed by atoms with Gasteiger partial charge < -0.3 is 15.2 Å². The van der Waals surface area contributed by atoms with Gasteiger partial charge in [-0.05, 0) is 31.0 Å². The van der Waals surface area contributed by atoms with E-state index in [1.165, 1.54) is 0 Å². The molecule has 0 aliphatic rings. The summed E-state index contributed by atoms with van der Waals surface area (Å²) in [5, 5.41) is 0. The van der Waals surface area contributed by atoms with Crippen LogP contribution in [0.4, 0.5) is 0 Å². The van der Waals surface area contributed by atoms with Crippen LogP contribution in [-0.2, 0) is 9.84 Å². The van der Waals surface area contributed by atoms with Gasteiger partial charge in [-0.1, -0.05) is 13.0 Å². The van der Waals surface area contributed by atoms with Gasteiger partial charge in [-0.2, -0.15) is 0 Å². The summed E-state index contributed by atoms with van der Waals surface area (Å²) in [6, 6.07) is 5.32. The van der Waals surface area contributed by atoms with Gasteiger partial charge in [0.15, 0.2) is 21.3 Å². The summed E-state index contributed by atoms with van der Waals surface area (Å²) in [5.74, 6) is 1.30. The highest BCUT2D eigenvalue weighted by Gasteiger charge is 2.12. The van der Waals surface area contributed by atoms with Crippen molar-refractivity contribution in [3.63, 3.8) is 0 Å². The average Bonchev–Trinajstić information content (AvgIpc) is 2.38. The van der Waals surface area contributed by atoms with Gasteiger partial charge in [0, 0.05) is 6.04 Å². The van der Waals surface area contributed by atoms with Crippen LogP contribution in [0.3, 0.4) is 0 Å².